The maximum atomic E-state index is 13.3. The second-order valence-corrected chi connectivity index (χ2v) is 7.47. The number of aryl methyl sites for hydroxylation is 1. The Hall–Kier alpha value is -2.76. The van der Waals surface area contributed by atoms with Crippen molar-refractivity contribution >= 4 is 22.5 Å². The monoisotopic (exact) mass is 389 g/mol. The van der Waals surface area contributed by atoms with Crippen LogP contribution in [0.3, 0.4) is 0 Å². The number of hydrogen-bond donors (Lipinski definition) is 1. The van der Waals surface area contributed by atoms with Crippen LogP contribution < -0.4 is 5.32 Å². The van der Waals surface area contributed by atoms with Gasteiger partial charge in [0.05, 0.1) is 24.3 Å². The van der Waals surface area contributed by atoms with Crippen LogP contribution in [-0.4, -0.2) is 42.1 Å². The number of morpholine rings is 1. The summed E-state index contributed by atoms with van der Waals surface area (Å²) < 4.78 is 5.42. The van der Waals surface area contributed by atoms with Gasteiger partial charge in [0.15, 0.2) is 0 Å². The smallest absolute Gasteiger partial charge is 0.256 e. The van der Waals surface area contributed by atoms with Crippen LogP contribution in [-0.2, 0) is 17.7 Å². The van der Waals surface area contributed by atoms with Gasteiger partial charge in [-0.2, -0.15) is 0 Å². The van der Waals surface area contributed by atoms with Crippen LogP contribution in [0.5, 0.6) is 0 Å². The maximum absolute atomic E-state index is 13.3. The van der Waals surface area contributed by atoms with Crippen LogP contribution in [0.1, 0.15) is 34.1 Å². The van der Waals surface area contributed by atoms with Crippen molar-refractivity contribution in [1.82, 2.24) is 9.88 Å². The standard InChI is InChI=1S/C24H27N3O2/c1-3-21-17(2)23(20-9-4-5-10-22(20)26-21)24(28)25-19-8-6-7-18(15-19)16-27-11-13-29-14-12-27/h4-10,15H,3,11-14,16H2,1-2H3,(H,25,28). The Morgan fingerprint density at radius 1 is 1.14 bits per heavy atom. The van der Waals surface area contributed by atoms with E-state index < -0.39 is 0 Å². The molecule has 1 aromatic heterocycles. The topological polar surface area (TPSA) is 54.5 Å². The molecule has 0 radical (unpaired) electrons. The normalized spacial score (nSPS) is 14.8. The van der Waals surface area contributed by atoms with E-state index in [1.54, 1.807) is 0 Å². The first-order valence-corrected chi connectivity index (χ1v) is 10.2. The molecule has 0 unspecified atom stereocenters. The zero-order valence-electron chi connectivity index (χ0n) is 17.1. The van der Waals surface area contributed by atoms with Crippen LogP contribution in [0.2, 0.25) is 0 Å². The molecule has 150 valence electrons. The first-order chi connectivity index (χ1) is 14.2. The van der Waals surface area contributed by atoms with Crippen LogP contribution in [0.25, 0.3) is 10.9 Å². The number of benzene rings is 2. The number of ether oxygens (including phenoxy) is 1. The number of para-hydroxylation sites is 1. The average molecular weight is 389 g/mol. The first kappa shape index (κ1) is 19.6. The summed E-state index contributed by atoms with van der Waals surface area (Å²) in [6, 6.07) is 16.0. The van der Waals surface area contributed by atoms with Gasteiger partial charge in [-0.05, 0) is 42.7 Å². The highest BCUT2D eigenvalue weighted by Crippen LogP contribution is 2.25. The zero-order chi connectivity index (χ0) is 20.2. The molecule has 1 N–H and O–H groups in total. The van der Waals surface area contributed by atoms with E-state index in [0.717, 1.165) is 67.1 Å². The Labute approximate surface area is 171 Å². The van der Waals surface area contributed by atoms with Gasteiger partial charge in [-0.25, -0.2) is 0 Å². The maximum Gasteiger partial charge on any atom is 0.256 e. The number of nitrogens with zero attached hydrogens (tertiary/aromatic N) is 2. The highest BCUT2D eigenvalue weighted by Gasteiger charge is 2.18. The Morgan fingerprint density at radius 2 is 1.93 bits per heavy atom. The zero-order valence-corrected chi connectivity index (χ0v) is 17.1. The van der Waals surface area contributed by atoms with Gasteiger partial charge >= 0.3 is 0 Å². The summed E-state index contributed by atoms with van der Waals surface area (Å²) in [5.41, 5.74) is 5.50. The Balaban J connectivity index is 1.60. The van der Waals surface area contributed by atoms with E-state index in [2.05, 4.69) is 29.3 Å². The van der Waals surface area contributed by atoms with E-state index in [0.29, 0.717) is 5.56 Å². The fourth-order valence-electron chi connectivity index (χ4n) is 3.95. The molecule has 4 rings (SSSR count). The summed E-state index contributed by atoms with van der Waals surface area (Å²) in [6.45, 7) is 8.37. The molecule has 29 heavy (non-hydrogen) atoms. The van der Waals surface area contributed by atoms with Gasteiger partial charge in [-0.3, -0.25) is 14.7 Å². The number of anilines is 1. The van der Waals surface area contributed by atoms with Gasteiger partial charge < -0.3 is 10.1 Å². The molecule has 2 aromatic carbocycles. The molecule has 1 aliphatic rings. The molecule has 0 aliphatic carbocycles. The van der Waals surface area contributed by atoms with Crippen molar-refractivity contribution in [3.8, 4) is 0 Å². The molecule has 0 spiro atoms. The number of aromatic nitrogens is 1. The number of nitrogens with one attached hydrogen (secondary N) is 1. The second-order valence-electron chi connectivity index (χ2n) is 7.47. The van der Waals surface area contributed by atoms with Crippen molar-refractivity contribution < 1.29 is 9.53 Å². The third-order valence-electron chi connectivity index (χ3n) is 5.49. The van der Waals surface area contributed by atoms with Crippen LogP contribution >= 0.6 is 0 Å². The summed E-state index contributed by atoms with van der Waals surface area (Å²) in [4.78, 5) is 20.4. The lowest BCUT2D eigenvalue weighted by Gasteiger charge is -2.26. The molecule has 0 bridgehead atoms. The lowest BCUT2D eigenvalue weighted by molar-refractivity contribution is 0.0342. The summed E-state index contributed by atoms with van der Waals surface area (Å²) >= 11 is 0. The van der Waals surface area contributed by atoms with Gasteiger partial charge in [-0.15, -0.1) is 0 Å². The number of hydrogen-bond acceptors (Lipinski definition) is 4. The molecular formula is C24H27N3O2. The molecule has 5 nitrogen and oxygen atoms in total. The number of rotatable bonds is 5. The third-order valence-corrected chi connectivity index (χ3v) is 5.49. The molecule has 1 aliphatic heterocycles. The number of amides is 1. The summed E-state index contributed by atoms with van der Waals surface area (Å²) in [5.74, 6) is -0.0840. The number of pyridine rings is 1. The van der Waals surface area contributed by atoms with Gasteiger partial charge in [0.2, 0.25) is 0 Å². The number of fused-ring (bicyclic) bond motifs is 1. The lowest BCUT2D eigenvalue weighted by Crippen LogP contribution is -2.35. The fourth-order valence-corrected chi connectivity index (χ4v) is 3.95. The molecule has 1 fully saturated rings. The van der Waals surface area contributed by atoms with Crippen molar-refractivity contribution in [3.05, 3.63) is 70.9 Å². The predicted molar refractivity (Wildman–Crippen MR) is 116 cm³/mol. The minimum Gasteiger partial charge on any atom is -0.379 e. The van der Waals surface area contributed by atoms with Crippen molar-refractivity contribution in [2.24, 2.45) is 0 Å². The SMILES string of the molecule is CCc1nc2ccccc2c(C(=O)Nc2cccc(CN3CCOCC3)c2)c1C. The lowest BCUT2D eigenvalue weighted by atomic mass is 9.99. The van der Waals surface area contributed by atoms with Gasteiger partial charge in [0.1, 0.15) is 0 Å². The minimum atomic E-state index is -0.0840. The van der Waals surface area contributed by atoms with Crippen molar-refractivity contribution in [2.45, 2.75) is 26.8 Å². The molecule has 0 atom stereocenters. The molecule has 0 saturated carbocycles. The quantitative estimate of drug-likeness (QED) is 0.711. The second kappa shape index (κ2) is 8.72. The van der Waals surface area contributed by atoms with E-state index in [1.165, 1.54) is 5.56 Å². The average Bonchev–Trinajstić information content (AvgIpc) is 2.74. The predicted octanol–water partition coefficient (Wildman–Crippen LogP) is 4.19. The summed E-state index contributed by atoms with van der Waals surface area (Å²) in [5, 5.41) is 4.00. The Bertz CT molecular complexity index is 1030. The highest BCUT2D eigenvalue weighted by atomic mass is 16.5. The number of carbonyl (C=O) groups excluding carboxylic acids is 1. The van der Waals surface area contributed by atoms with Crippen LogP contribution in [0.4, 0.5) is 5.69 Å². The molecule has 5 heteroatoms. The van der Waals surface area contributed by atoms with Crippen LogP contribution in [0.15, 0.2) is 48.5 Å². The summed E-state index contributed by atoms with van der Waals surface area (Å²) in [6.07, 6.45) is 0.798. The molecule has 1 amide bonds. The molecular weight excluding hydrogens is 362 g/mol. The van der Waals surface area contributed by atoms with E-state index in [-0.39, 0.29) is 5.91 Å². The van der Waals surface area contributed by atoms with Crippen molar-refractivity contribution in [2.75, 3.05) is 31.6 Å². The minimum absolute atomic E-state index is 0.0840. The molecule has 2 heterocycles. The summed E-state index contributed by atoms with van der Waals surface area (Å²) in [7, 11) is 0. The highest BCUT2D eigenvalue weighted by molar-refractivity contribution is 6.13. The molecule has 1 saturated heterocycles. The Kier molecular flexibility index (Phi) is 5.88. The van der Waals surface area contributed by atoms with E-state index in [1.807, 2.05) is 43.3 Å². The van der Waals surface area contributed by atoms with E-state index >= 15 is 0 Å². The third kappa shape index (κ3) is 4.31. The largest absolute Gasteiger partial charge is 0.379 e. The Morgan fingerprint density at radius 3 is 2.72 bits per heavy atom. The number of carbonyl (C=O) groups is 1. The van der Waals surface area contributed by atoms with Gasteiger partial charge in [0, 0.05) is 36.4 Å². The van der Waals surface area contributed by atoms with Gasteiger partial charge in [0.25, 0.3) is 5.91 Å². The van der Waals surface area contributed by atoms with E-state index in [9.17, 15) is 4.79 Å². The molecule has 3 aromatic rings. The first-order valence-electron chi connectivity index (χ1n) is 10.2. The fraction of sp³-hybridized carbons (Fsp3) is 0.333. The van der Waals surface area contributed by atoms with Crippen molar-refractivity contribution in [3.63, 3.8) is 0 Å². The van der Waals surface area contributed by atoms with Crippen LogP contribution in [0, 0.1) is 6.92 Å². The van der Waals surface area contributed by atoms with E-state index in [4.69, 9.17) is 9.72 Å². The van der Waals surface area contributed by atoms with Gasteiger partial charge in [-0.1, -0.05) is 37.3 Å². The van der Waals surface area contributed by atoms with Crippen molar-refractivity contribution in [1.29, 1.82) is 0 Å².